The summed E-state index contributed by atoms with van der Waals surface area (Å²) >= 11 is 0. The molecule has 0 saturated heterocycles. The second-order valence-electron chi connectivity index (χ2n) is 9.78. The Kier molecular flexibility index (Phi) is 7.47. The van der Waals surface area contributed by atoms with Gasteiger partial charge in [0.2, 0.25) is 0 Å². The van der Waals surface area contributed by atoms with Crippen LogP contribution in [0, 0.1) is 0 Å². The van der Waals surface area contributed by atoms with Crippen LogP contribution in [0.2, 0.25) is 5.04 Å². The molecule has 3 heteroatoms. The van der Waals surface area contributed by atoms with Crippen LogP contribution >= 0.6 is 0 Å². The van der Waals surface area contributed by atoms with Crippen LogP contribution in [-0.4, -0.2) is 20.0 Å². The lowest BCUT2D eigenvalue weighted by atomic mass is 9.97. The molecule has 0 aliphatic rings. The van der Waals surface area contributed by atoms with E-state index in [9.17, 15) is 5.11 Å². The van der Waals surface area contributed by atoms with Crippen molar-refractivity contribution in [2.45, 2.75) is 38.8 Å². The predicted molar refractivity (Wildman–Crippen MR) is 145 cm³/mol. The average molecular weight is 467 g/mol. The van der Waals surface area contributed by atoms with Gasteiger partial charge >= 0.3 is 0 Å². The summed E-state index contributed by atoms with van der Waals surface area (Å²) in [6.07, 6.45) is 0.640. The molecule has 4 rings (SSSR count). The quantitative estimate of drug-likeness (QED) is 0.324. The van der Waals surface area contributed by atoms with Crippen molar-refractivity contribution in [3.63, 3.8) is 0 Å². The number of aliphatic hydroxyl groups is 1. The number of benzene rings is 4. The van der Waals surface area contributed by atoms with Crippen molar-refractivity contribution in [3.05, 3.63) is 120 Å². The molecule has 0 heterocycles. The molecular weight excluding hydrogens is 432 g/mol. The van der Waals surface area contributed by atoms with Gasteiger partial charge in [-0.05, 0) is 44.1 Å². The van der Waals surface area contributed by atoms with Crippen LogP contribution in [0.4, 0.5) is 0 Å². The van der Waals surface area contributed by atoms with E-state index in [2.05, 4.69) is 124 Å². The number of rotatable bonds is 8. The molecule has 4 aromatic rings. The van der Waals surface area contributed by atoms with Gasteiger partial charge in [0.1, 0.15) is 0 Å². The molecule has 1 N–H and O–H groups in total. The lowest BCUT2D eigenvalue weighted by Gasteiger charge is -2.43. The first-order valence-electron chi connectivity index (χ1n) is 12.0. The summed E-state index contributed by atoms with van der Waals surface area (Å²) in [7, 11) is -2.64. The molecule has 0 aromatic heterocycles. The van der Waals surface area contributed by atoms with E-state index in [1.165, 1.54) is 21.5 Å². The van der Waals surface area contributed by atoms with E-state index in [1.54, 1.807) is 0 Å². The van der Waals surface area contributed by atoms with Crippen LogP contribution in [0.25, 0.3) is 11.1 Å². The molecular formula is C31H34O2Si. The van der Waals surface area contributed by atoms with Crippen molar-refractivity contribution >= 4 is 18.7 Å². The summed E-state index contributed by atoms with van der Waals surface area (Å²) in [4.78, 5) is 0. The van der Waals surface area contributed by atoms with Crippen molar-refractivity contribution in [2.75, 3.05) is 6.61 Å². The predicted octanol–water partition coefficient (Wildman–Crippen LogP) is 5.97. The van der Waals surface area contributed by atoms with Gasteiger partial charge in [0.15, 0.2) is 0 Å². The Morgan fingerprint density at radius 3 is 1.74 bits per heavy atom. The summed E-state index contributed by atoms with van der Waals surface area (Å²) in [5.41, 5.74) is 4.65. The molecule has 174 valence electrons. The van der Waals surface area contributed by atoms with Gasteiger partial charge in [-0.15, -0.1) is 0 Å². The standard InChI is InChI=1S/C31H34O2Si/c1-31(2,3)34(28-15-9-5-10-16-28,29-17-11-6-12-18-29)33-24-27-23-25(21-22-32)19-20-30(27)26-13-7-4-8-14-26/h4-20,23,32H,21-22,24H2,1-3H3. The second kappa shape index (κ2) is 10.5. The summed E-state index contributed by atoms with van der Waals surface area (Å²) < 4.78 is 7.22. The third-order valence-corrected chi connectivity index (χ3v) is 11.5. The van der Waals surface area contributed by atoms with Gasteiger partial charge in [-0.3, -0.25) is 0 Å². The van der Waals surface area contributed by atoms with Crippen LogP contribution in [0.5, 0.6) is 0 Å². The van der Waals surface area contributed by atoms with Crippen LogP contribution in [-0.2, 0) is 17.5 Å². The maximum atomic E-state index is 9.54. The number of hydrogen-bond acceptors (Lipinski definition) is 2. The number of aliphatic hydroxyl groups excluding tert-OH is 1. The van der Waals surface area contributed by atoms with Gasteiger partial charge in [0.05, 0.1) is 6.61 Å². The number of hydrogen-bond donors (Lipinski definition) is 1. The fourth-order valence-corrected chi connectivity index (χ4v) is 9.43. The fourth-order valence-electron chi connectivity index (χ4n) is 4.90. The zero-order valence-corrected chi connectivity index (χ0v) is 21.4. The highest BCUT2D eigenvalue weighted by Gasteiger charge is 2.50. The van der Waals surface area contributed by atoms with Gasteiger partial charge in [-0.25, -0.2) is 0 Å². The minimum Gasteiger partial charge on any atom is -0.403 e. The highest BCUT2D eigenvalue weighted by molar-refractivity contribution is 6.99. The zero-order chi connectivity index (χ0) is 24.0. The largest absolute Gasteiger partial charge is 0.403 e. The van der Waals surface area contributed by atoms with Gasteiger partial charge in [-0.1, -0.05) is 130 Å². The molecule has 0 fully saturated rings. The molecule has 2 nitrogen and oxygen atoms in total. The summed E-state index contributed by atoms with van der Waals surface area (Å²) in [5.74, 6) is 0. The first-order chi connectivity index (χ1) is 16.5. The summed E-state index contributed by atoms with van der Waals surface area (Å²) in [5, 5.41) is 12.0. The monoisotopic (exact) mass is 466 g/mol. The first kappa shape index (κ1) is 24.2. The molecule has 0 aliphatic heterocycles. The molecule has 0 unspecified atom stereocenters. The van der Waals surface area contributed by atoms with Crippen LogP contribution in [0.1, 0.15) is 31.9 Å². The van der Waals surface area contributed by atoms with Gasteiger partial charge < -0.3 is 9.53 Å². The van der Waals surface area contributed by atoms with Crippen molar-refractivity contribution < 1.29 is 9.53 Å². The van der Waals surface area contributed by atoms with Crippen molar-refractivity contribution in [3.8, 4) is 11.1 Å². The van der Waals surface area contributed by atoms with Crippen LogP contribution in [0.3, 0.4) is 0 Å². The van der Waals surface area contributed by atoms with Crippen molar-refractivity contribution in [2.24, 2.45) is 0 Å². The van der Waals surface area contributed by atoms with Crippen molar-refractivity contribution in [1.29, 1.82) is 0 Å². The molecule has 0 aliphatic carbocycles. The van der Waals surface area contributed by atoms with E-state index in [0.29, 0.717) is 13.0 Å². The van der Waals surface area contributed by atoms with Crippen LogP contribution in [0.15, 0.2) is 109 Å². The Hall–Kier alpha value is -2.98. The van der Waals surface area contributed by atoms with E-state index in [4.69, 9.17) is 4.43 Å². The Bertz CT molecular complexity index is 1140. The Morgan fingerprint density at radius 1 is 0.706 bits per heavy atom. The lowest BCUT2D eigenvalue weighted by Crippen LogP contribution is -2.66. The van der Waals surface area contributed by atoms with E-state index >= 15 is 0 Å². The smallest absolute Gasteiger partial charge is 0.261 e. The van der Waals surface area contributed by atoms with E-state index in [1.807, 2.05) is 6.07 Å². The van der Waals surface area contributed by atoms with Gasteiger partial charge in [-0.2, -0.15) is 0 Å². The van der Waals surface area contributed by atoms with Gasteiger partial charge in [0.25, 0.3) is 8.32 Å². The molecule has 34 heavy (non-hydrogen) atoms. The molecule has 4 aromatic carbocycles. The maximum Gasteiger partial charge on any atom is 0.261 e. The van der Waals surface area contributed by atoms with E-state index < -0.39 is 8.32 Å². The molecule has 0 saturated carbocycles. The Morgan fingerprint density at radius 2 is 1.24 bits per heavy atom. The molecule has 0 atom stereocenters. The van der Waals surface area contributed by atoms with Crippen LogP contribution < -0.4 is 10.4 Å². The van der Waals surface area contributed by atoms with Crippen molar-refractivity contribution in [1.82, 2.24) is 0 Å². The highest BCUT2D eigenvalue weighted by Crippen LogP contribution is 2.38. The summed E-state index contributed by atoms with van der Waals surface area (Å²) in [6, 6.07) is 38.5. The third-order valence-electron chi connectivity index (χ3n) is 6.52. The molecule has 0 radical (unpaired) electrons. The molecule has 0 bridgehead atoms. The minimum atomic E-state index is -2.64. The van der Waals surface area contributed by atoms with Gasteiger partial charge in [0, 0.05) is 6.61 Å². The Balaban J connectivity index is 1.83. The highest BCUT2D eigenvalue weighted by atomic mass is 28.4. The molecule has 0 amide bonds. The van der Waals surface area contributed by atoms with E-state index in [-0.39, 0.29) is 11.6 Å². The second-order valence-corrected chi connectivity index (χ2v) is 14.1. The minimum absolute atomic E-state index is 0.0780. The third kappa shape index (κ3) is 4.92. The molecule has 0 spiro atoms. The topological polar surface area (TPSA) is 29.5 Å². The first-order valence-corrected chi connectivity index (χ1v) is 13.9. The average Bonchev–Trinajstić information content (AvgIpc) is 2.86. The maximum absolute atomic E-state index is 9.54. The SMILES string of the molecule is CC(C)(C)[Si](OCc1cc(CCO)ccc1-c1ccccc1)(c1ccccc1)c1ccccc1. The fraction of sp³-hybridized carbons (Fsp3) is 0.226. The van der Waals surface area contributed by atoms with E-state index in [0.717, 1.165) is 11.1 Å². The summed E-state index contributed by atoms with van der Waals surface area (Å²) in [6.45, 7) is 7.56. The lowest BCUT2D eigenvalue weighted by molar-refractivity contribution is 0.286. The zero-order valence-electron chi connectivity index (χ0n) is 20.4. The normalized spacial score (nSPS) is 12.0. The Labute approximate surface area is 205 Å².